The van der Waals surface area contributed by atoms with Gasteiger partial charge in [-0.1, -0.05) is 0 Å². The van der Waals surface area contributed by atoms with E-state index in [9.17, 15) is 9.50 Å². The van der Waals surface area contributed by atoms with Crippen molar-refractivity contribution in [1.82, 2.24) is 0 Å². The molecule has 14 heavy (non-hydrogen) atoms. The number of halogens is 1. The summed E-state index contributed by atoms with van der Waals surface area (Å²) in [6.07, 6.45) is -0.811. The van der Waals surface area contributed by atoms with Crippen LogP contribution in [-0.2, 0) is 0 Å². The van der Waals surface area contributed by atoms with Gasteiger partial charge in [0, 0.05) is 5.56 Å². The third-order valence-electron chi connectivity index (χ3n) is 2.02. The standard InChI is InChI=1S/C11H15FO2/c1-4-14-9-5-7(2)11(12)10(6-9)8(3)13/h5-6,8,13H,4H2,1-3H3. The Hall–Kier alpha value is -1.09. The van der Waals surface area contributed by atoms with E-state index in [1.54, 1.807) is 13.0 Å². The van der Waals surface area contributed by atoms with Gasteiger partial charge in [0.1, 0.15) is 11.6 Å². The van der Waals surface area contributed by atoms with E-state index in [0.717, 1.165) is 0 Å². The van der Waals surface area contributed by atoms with E-state index in [0.29, 0.717) is 17.9 Å². The van der Waals surface area contributed by atoms with E-state index >= 15 is 0 Å². The molecule has 0 fully saturated rings. The van der Waals surface area contributed by atoms with Gasteiger partial charge in [-0.25, -0.2) is 4.39 Å². The van der Waals surface area contributed by atoms with Crippen molar-refractivity contribution >= 4 is 0 Å². The van der Waals surface area contributed by atoms with E-state index in [-0.39, 0.29) is 11.4 Å². The number of hydrogen-bond acceptors (Lipinski definition) is 2. The van der Waals surface area contributed by atoms with Crippen molar-refractivity contribution in [1.29, 1.82) is 0 Å². The molecular weight excluding hydrogens is 183 g/mol. The maximum Gasteiger partial charge on any atom is 0.132 e. The van der Waals surface area contributed by atoms with E-state index in [4.69, 9.17) is 4.74 Å². The Morgan fingerprint density at radius 1 is 1.50 bits per heavy atom. The second-order valence-corrected chi connectivity index (χ2v) is 3.25. The van der Waals surface area contributed by atoms with Gasteiger partial charge >= 0.3 is 0 Å². The van der Waals surface area contributed by atoms with Crippen LogP contribution >= 0.6 is 0 Å². The zero-order valence-corrected chi connectivity index (χ0v) is 8.67. The highest BCUT2D eigenvalue weighted by molar-refractivity contribution is 5.36. The van der Waals surface area contributed by atoms with Crippen LogP contribution in [0.25, 0.3) is 0 Å². The lowest BCUT2D eigenvalue weighted by atomic mass is 10.1. The van der Waals surface area contributed by atoms with Crippen molar-refractivity contribution in [3.05, 3.63) is 29.1 Å². The first-order valence-electron chi connectivity index (χ1n) is 4.67. The summed E-state index contributed by atoms with van der Waals surface area (Å²) in [5.41, 5.74) is 0.778. The SMILES string of the molecule is CCOc1cc(C)c(F)c(C(C)O)c1. The van der Waals surface area contributed by atoms with Crippen molar-refractivity contribution < 1.29 is 14.2 Å². The molecule has 0 heterocycles. The summed E-state index contributed by atoms with van der Waals surface area (Å²) >= 11 is 0. The van der Waals surface area contributed by atoms with Gasteiger partial charge in [-0.15, -0.1) is 0 Å². The van der Waals surface area contributed by atoms with Crippen molar-refractivity contribution in [2.45, 2.75) is 26.9 Å². The lowest BCUT2D eigenvalue weighted by Gasteiger charge is -2.11. The number of benzene rings is 1. The maximum absolute atomic E-state index is 13.5. The predicted molar refractivity (Wildman–Crippen MR) is 52.9 cm³/mol. The number of aliphatic hydroxyl groups excluding tert-OH is 1. The molecule has 0 aliphatic rings. The summed E-state index contributed by atoms with van der Waals surface area (Å²) in [6.45, 7) is 5.59. The fourth-order valence-corrected chi connectivity index (χ4v) is 1.32. The molecule has 78 valence electrons. The predicted octanol–water partition coefficient (Wildman–Crippen LogP) is 2.59. The second kappa shape index (κ2) is 4.42. The van der Waals surface area contributed by atoms with Gasteiger partial charge in [0.15, 0.2) is 0 Å². The van der Waals surface area contributed by atoms with E-state index in [2.05, 4.69) is 0 Å². The molecule has 1 aromatic rings. The monoisotopic (exact) mass is 198 g/mol. The summed E-state index contributed by atoms with van der Waals surface area (Å²) in [5, 5.41) is 9.33. The number of aryl methyl sites for hydroxylation is 1. The summed E-state index contributed by atoms with van der Waals surface area (Å²) < 4.78 is 18.7. The normalized spacial score (nSPS) is 12.6. The van der Waals surface area contributed by atoms with Crippen LogP contribution in [0.5, 0.6) is 5.75 Å². The van der Waals surface area contributed by atoms with Gasteiger partial charge in [0.05, 0.1) is 12.7 Å². The first-order valence-corrected chi connectivity index (χ1v) is 4.67. The summed E-state index contributed by atoms with van der Waals surface area (Å²) in [7, 11) is 0. The highest BCUT2D eigenvalue weighted by Crippen LogP contribution is 2.25. The van der Waals surface area contributed by atoms with E-state index in [1.807, 2.05) is 6.92 Å². The smallest absolute Gasteiger partial charge is 0.132 e. The molecule has 0 spiro atoms. The van der Waals surface area contributed by atoms with Crippen LogP contribution in [0.4, 0.5) is 4.39 Å². The Morgan fingerprint density at radius 3 is 2.64 bits per heavy atom. The van der Waals surface area contributed by atoms with Crippen molar-refractivity contribution in [2.75, 3.05) is 6.61 Å². The van der Waals surface area contributed by atoms with Crippen LogP contribution in [-0.4, -0.2) is 11.7 Å². The number of rotatable bonds is 3. The summed E-state index contributed by atoms with van der Waals surface area (Å²) in [6, 6.07) is 3.17. The molecule has 3 heteroatoms. The summed E-state index contributed by atoms with van der Waals surface area (Å²) in [4.78, 5) is 0. The van der Waals surface area contributed by atoms with Crippen molar-refractivity contribution in [3.63, 3.8) is 0 Å². The molecule has 1 aromatic carbocycles. The zero-order chi connectivity index (χ0) is 10.7. The van der Waals surface area contributed by atoms with Crippen LogP contribution in [0, 0.1) is 12.7 Å². The molecule has 0 radical (unpaired) electrons. The molecular formula is C11H15FO2. The average molecular weight is 198 g/mol. The molecule has 1 N–H and O–H groups in total. The molecule has 0 aliphatic heterocycles. The van der Waals surface area contributed by atoms with Crippen LogP contribution in [0.3, 0.4) is 0 Å². The molecule has 0 saturated carbocycles. The van der Waals surface area contributed by atoms with Crippen LogP contribution in [0.15, 0.2) is 12.1 Å². The zero-order valence-electron chi connectivity index (χ0n) is 8.67. The molecule has 0 amide bonds. The largest absolute Gasteiger partial charge is 0.494 e. The Morgan fingerprint density at radius 2 is 2.14 bits per heavy atom. The topological polar surface area (TPSA) is 29.5 Å². The molecule has 0 bridgehead atoms. The minimum absolute atomic E-state index is 0.286. The van der Waals surface area contributed by atoms with Gasteiger partial charge in [0.25, 0.3) is 0 Å². The maximum atomic E-state index is 13.5. The minimum atomic E-state index is -0.811. The van der Waals surface area contributed by atoms with Crippen LogP contribution in [0.2, 0.25) is 0 Å². The summed E-state index contributed by atoms with van der Waals surface area (Å²) in [5.74, 6) is 0.241. The van der Waals surface area contributed by atoms with Crippen LogP contribution in [0.1, 0.15) is 31.1 Å². The van der Waals surface area contributed by atoms with Crippen molar-refractivity contribution in [3.8, 4) is 5.75 Å². The number of ether oxygens (including phenoxy) is 1. The van der Waals surface area contributed by atoms with Gasteiger partial charge in [-0.05, 0) is 38.5 Å². The first kappa shape index (κ1) is 11.0. The fraction of sp³-hybridized carbons (Fsp3) is 0.455. The van der Waals surface area contributed by atoms with Gasteiger partial charge in [-0.3, -0.25) is 0 Å². The third-order valence-corrected chi connectivity index (χ3v) is 2.02. The number of hydrogen-bond donors (Lipinski definition) is 1. The average Bonchev–Trinajstić information content (AvgIpc) is 2.11. The minimum Gasteiger partial charge on any atom is -0.494 e. The number of aliphatic hydroxyl groups is 1. The highest BCUT2D eigenvalue weighted by Gasteiger charge is 2.12. The van der Waals surface area contributed by atoms with Gasteiger partial charge < -0.3 is 9.84 Å². The Kier molecular flexibility index (Phi) is 3.47. The molecule has 2 nitrogen and oxygen atoms in total. The van der Waals surface area contributed by atoms with E-state index in [1.165, 1.54) is 13.0 Å². The Bertz CT molecular complexity index is 321. The Balaban J connectivity index is 3.14. The lowest BCUT2D eigenvalue weighted by Crippen LogP contribution is -2.01. The molecule has 1 rings (SSSR count). The molecule has 1 unspecified atom stereocenters. The lowest BCUT2D eigenvalue weighted by molar-refractivity contribution is 0.193. The molecule has 0 aromatic heterocycles. The van der Waals surface area contributed by atoms with E-state index < -0.39 is 6.10 Å². The Labute approximate surface area is 83.3 Å². The highest BCUT2D eigenvalue weighted by atomic mass is 19.1. The quantitative estimate of drug-likeness (QED) is 0.808. The van der Waals surface area contributed by atoms with Gasteiger partial charge in [-0.2, -0.15) is 0 Å². The van der Waals surface area contributed by atoms with Gasteiger partial charge in [0.2, 0.25) is 0 Å². The van der Waals surface area contributed by atoms with Crippen LogP contribution < -0.4 is 4.74 Å². The van der Waals surface area contributed by atoms with Crippen molar-refractivity contribution in [2.24, 2.45) is 0 Å². The third kappa shape index (κ3) is 2.23. The first-order chi connectivity index (χ1) is 6.56. The fourth-order valence-electron chi connectivity index (χ4n) is 1.32. The molecule has 0 saturated heterocycles. The molecule has 1 atom stereocenters. The second-order valence-electron chi connectivity index (χ2n) is 3.25. The molecule has 0 aliphatic carbocycles.